The highest BCUT2D eigenvalue weighted by Crippen LogP contribution is 2.18. The van der Waals surface area contributed by atoms with E-state index in [1.165, 1.54) is 11.1 Å². The second kappa shape index (κ2) is 9.08. The number of carbonyl (C=O) groups is 1. The van der Waals surface area contributed by atoms with Crippen LogP contribution in [0.25, 0.3) is 0 Å². The molecule has 0 saturated heterocycles. The Morgan fingerprint density at radius 2 is 1.88 bits per heavy atom. The second-order valence-corrected chi connectivity index (χ2v) is 6.09. The molecule has 2 aromatic rings. The van der Waals surface area contributed by atoms with Crippen LogP contribution in [0.4, 0.5) is 4.79 Å². The molecule has 1 atom stereocenters. The largest absolute Gasteiger partial charge is 0.396 e. The summed E-state index contributed by atoms with van der Waals surface area (Å²) in [6.45, 7) is 4.73. The first-order chi connectivity index (χ1) is 11.6. The number of hydrogen-bond acceptors (Lipinski definition) is 2. The first-order valence-corrected chi connectivity index (χ1v) is 8.36. The SMILES string of the molecule is Cc1ccc(CNC(=O)NC(CCCO)c2ccccc2)c(C)c1. The van der Waals surface area contributed by atoms with Gasteiger partial charge in [-0.1, -0.05) is 54.1 Å². The predicted molar refractivity (Wildman–Crippen MR) is 96.8 cm³/mol. The number of nitrogens with one attached hydrogen (secondary N) is 2. The zero-order valence-electron chi connectivity index (χ0n) is 14.4. The first kappa shape index (κ1) is 18.0. The maximum Gasteiger partial charge on any atom is 0.315 e. The third kappa shape index (κ3) is 5.39. The average Bonchev–Trinajstić information content (AvgIpc) is 2.58. The molecule has 0 bridgehead atoms. The summed E-state index contributed by atoms with van der Waals surface area (Å²) in [6, 6.07) is 15.8. The van der Waals surface area contributed by atoms with Crippen LogP contribution < -0.4 is 10.6 Å². The van der Waals surface area contributed by atoms with E-state index in [1.807, 2.05) is 36.4 Å². The molecule has 4 nitrogen and oxygen atoms in total. The standard InChI is InChI=1S/C20H26N2O2/c1-15-10-11-18(16(2)13-15)14-21-20(24)22-19(9-6-12-23)17-7-4-3-5-8-17/h3-5,7-8,10-11,13,19,23H,6,9,12,14H2,1-2H3,(H2,21,22,24). The van der Waals surface area contributed by atoms with Gasteiger partial charge in [0.2, 0.25) is 0 Å². The number of urea groups is 1. The van der Waals surface area contributed by atoms with Gasteiger partial charge in [-0.2, -0.15) is 0 Å². The van der Waals surface area contributed by atoms with E-state index < -0.39 is 0 Å². The van der Waals surface area contributed by atoms with Crippen LogP contribution in [0.5, 0.6) is 0 Å². The molecule has 0 radical (unpaired) electrons. The molecule has 2 rings (SSSR count). The van der Waals surface area contributed by atoms with Crippen molar-refractivity contribution in [3.63, 3.8) is 0 Å². The molecular formula is C20H26N2O2. The van der Waals surface area contributed by atoms with Crippen LogP contribution in [0, 0.1) is 13.8 Å². The molecule has 3 N–H and O–H groups in total. The summed E-state index contributed by atoms with van der Waals surface area (Å²) in [5.41, 5.74) is 4.55. The molecule has 2 aromatic carbocycles. The third-order valence-electron chi connectivity index (χ3n) is 4.10. The zero-order chi connectivity index (χ0) is 17.4. The summed E-state index contributed by atoms with van der Waals surface area (Å²) in [4.78, 5) is 12.3. The molecule has 2 amide bonds. The van der Waals surface area contributed by atoms with E-state index in [-0.39, 0.29) is 18.7 Å². The van der Waals surface area contributed by atoms with E-state index in [4.69, 9.17) is 5.11 Å². The fourth-order valence-electron chi connectivity index (χ4n) is 2.73. The molecule has 0 aliphatic heterocycles. The van der Waals surface area contributed by atoms with Crippen LogP contribution in [-0.4, -0.2) is 17.7 Å². The summed E-state index contributed by atoms with van der Waals surface area (Å²) < 4.78 is 0. The van der Waals surface area contributed by atoms with Crippen molar-refractivity contribution in [2.24, 2.45) is 0 Å². The maximum absolute atomic E-state index is 12.3. The minimum atomic E-state index is -0.193. The first-order valence-electron chi connectivity index (χ1n) is 8.36. The summed E-state index contributed by atoms with van der Waals surface area (Å²) in [6.07, 6.45) is 1.36. The van der Waals surface area contributed by atoms with Gasteiger partial charge in [0, 0.05) is 13.2 Å². The number of aliphatic hydroxyl groups excluding tert-OH is 1. The highest BCUT2D eigenvalue weighted by atomic mass is 16.3. The Labute approximate surface area is 143 Å². The molecule has 4 heteroatoms. The zero-order valence-corrected chi connectivity index (χ0v) is 14.4. The van der Waals surface area contributed by atoms with Crippen molar-refractivity contribution in [2.45, 2.75) is 39.3 Å². The summed E-state index contributed by atoms with van der Waals surface area (Å²) in [5.74, 6) is 0. The van der Waals surface area contributed by atoms with Crippen LogP contribution in [0.3, 0.4) is 0 Å². The monoisotopic (exact) mass is 326 g/mol. The van der Waals surface area contributed by atoms with Crippen LogP contribution >= 0.6 is 0 Å². The lowest BCUT2D eigenvalue weighted by Gasteiger charge is -2.19. The minimum absolute atomic E-state index is 0.0996. The van der Waals surface area contributed by atoms with Crippen LogP contribution in [0.1, 0.15) is 41.1 Å². The van der Waals surface area contributed by atoms with Crippen molar-refractivity contribution < 1.29 is 9.90 Å². The topological polar surface area (TPSA) is 61.4 Å². The number of rotatable bonds is 7. The van der Waals surface area contributed by atoms with Gasteiger partial charge < -0.3 is 15.7 Å². The van der Waals surface area contributed by atoms with Crippen molar-refractivity contribution in [2.75, 3.05) is 6.61 Å². The average molecular weight is 326 g/mol. The molecule has 0 fully saturated rings. The van der Waals surface area contributed by atoms with Gasteiger partial charge in [0.1, 0.15) is 0 Å². The van der Waals surface area contributed by atoms with Crippen molar-refractivity contribution in [1.29, 1.82) is 0 Å². The lowest BCUT2D eigenvalue weighted by molar-refractivity contribution is 0.232. The number of carbonyl (C=O) groups excluding carboxylic acids is 1. The number of hydrogen-bond donors (Lipinski definition) is 3. The van der Waals surface area contributed by atoms with Crippen LogP contribution in [0.15, 0.2) is 48.5 Å². The Hall–Kier alpha value is -2.33. The van der Waals surface area contributed by atoms with E-state index in [0.717, 1.165) is 11.1 Å². The Morgan fingerprint density at radius 3 is 2.54 bits per heavy atom. The molecule has 0 saturated carbocycles. The van der Waals surface area contributed by atoms with Gasteiger partial charge >= 0.3 is 6.03 Å². The molecule has 1 unspecified atom stereocenters. The molecule has 0 aliphatic carbocycles. The predicted octanol–water partition coefficient (Wildman–Crippen LogP) is 3.62. The number of aliphatic hydroxyl groups is 1. The maximum atomic E-state index is 12.3. The fraction of sp³-hybridized carbons (Fsp3) is 0.350. The molecule has 128 valence electrons. The molecule has 24 heavy (non-hydrogen) atoms. The van der Waals surface area contributed by atoms with Crippen molar-refractivity contribution >= 4 is 6.03 Å². The Balaban J connectivity index is 1.94. The van der Waals surface area contributed by atoms with Gasteiger partial charge in [0.15, 0.2) is 0 Å². The quantitative estimate of drug-likeness (QED) is 0.728. The molecular weight excluding hydrogens is 300 g/mol. The number of aryl methyl sites for hydroxylation is 2. The van der Waals surface area contributed by atoms with Gasteiger partial charge in [-0.05, 0) is 43.4 Å². The van der Waals surface area contributed by atoms with Crippen molar-refractivity contribution in [3.8, 4) is 0 Å². The summed E-state index contributed by atoms with van der Waals surface area (Å²) >= 11 is 0. The number of benzene rings is 2. The smallest absolute Gasteiger partial charge is 0.315 e. The van der Waals surface area contributed by atoms with Gasteiger partial charge in [-0.3, -0.25) is 0 Å². The highest BCUT2D eigenvalue weighted by Gasteiger charge is 2.14. The van der Waals surface area contributed by atoms with E-state index in [1.54, 1.807) is 0 Å². The minimum Gasteiger partial charge on any atom is -0.396 e. The lowest BCUT2D eigenvalue weighted by atomic mass is 10.0. The van der Waals surface area contributed by atoms with E-state index in [0.29, 0.717) is 19.4 Å². The molecule has 0 heterocycles. The van der Waals surface area contributed by atoms with Gasteiger partial charge in [0.05, 0.1) is 6.04 Å². The van der Waals surface area contributed by atoms with Crippen LogP contribution in [0.2, 0.25) is 0 Å². The normalized spacial score (nSPS) is 11.8. The lowest BCUT2D eigenvalue weighted by Crippen LogP contribution is -2.37. The van der Waals surface area contributed by atoms with E-state index >= 15 is 0 Å². The highest BCUT2D eigenvalue weighted by molar-refractivity contribution is 5.74. The molecule has 0 aliphatic rings. The van der Waals surface area contributed by atoms with Crippen LogP contribution in [-0.2, 0) is 6.54 Å². The second-order valence-electron chi connectivity index (χ2n) is 6.09. The summed E-state index contributed by atoms with van der Waals surface area (Å²) in [5, 5.41) is 15.0. The van der Waals surface area contributed by atoms with E-state index in [2.05, 4.69) is 36.6 Å². The number of amides is 2. The Morgan fingerprint density at radius 1 is 1.12 bits per heavy atom. The summed E-state index contributed by atoms with van der Waals surface area (Å²) in [7, 11) is 0. The third-order valence-corrected chi connectivity index (χ3v) is 4.10. The Kier molecular flexibility index (Phi) is 6.82. The Bertz CT molecular complexity index is 656. The fourth-order valence-corrected chi connectivity index (χ4v) is 2.73. The van der Waals surface area contributed by atoms with Gasteiger partial charge in [-0.15, -0.1) is 0 Å². The molecule has 0 spiro atoms. The van der Waals surface area contributed by atoms with Crippen molar-refractivity contribution in [3.05, 3.63) is 70.8 Å². The van der Waals surface area contributed by atoms with E-state index in [9.17, 15) is 4.79 Å². The van der Waals surface area contributed by atoms with Gasteiger partial charge in [-0.25, -0.2) is 4.79 Å². The van der Waals surface area contributed by atoms with Crippen molar-refractivity contribution in [1.82, 2.24) is 10.6 Å². The van der Waals surface area contributed by atoms with Gasteiger partial charge in [0.25, 0.3) is 0 Å². The molecule has 0 aromatic heterocycles.